The van der Waals surface area contributed by atoms with Gasteiger partial charge in [-0.2, -0.15) is 0 Å². The summed E-state index contributed by atoms with van der Waals surface area (Å²) in [5, 5.41) is 3.55. The van der Waals surface area contributed by atoms with E-state index < -0.39 is 0 Å². The molecule has 0 aromatic heterocycles. The van der Waals surface area contributed by atoms with Crippen molar-refractivity contribution in [3.63, 3.8) is 0 Å². The van der Waals surface area contributed by atoms with Crippen molar-refractivity contribution >= 4 is 44.2 Å². The Kier molecular flexibility index (Phi) is 3.14. The van der Waals surface area contributed by atoms with Gasteiger partial charge in [0.1, 0.15) is 0 Å². The van der Waals surface area contributed by atoms with Gasteiger partial charge in [0.25, 0.3) is 0 Å². The van der Waals surface area contributed by atoms with Gasteiger partial charge in [-0.05, 0) is 36.6 Å². The Balaban J connectivity index is 2.26. The van der Waals surface area contributed by atoms with Gasteiger partial charge in [0.05, 0.1) is 0 Å². The predicted octanol–water partition coefficient (Wildman–Crippen LogP) is 3.61. The second kappa shape index (κ2) is 4.17. The molecule has 1 N–H and O–H groups in total. The Labute approximate surface area is 101 Å². The van der Waals surface area contributed by atoms with Crippen molar-refractivity contribution in [2.45, 2.75) is 18.9 Å². The minimum absolute atomic E-state index is 0.661. The van der Waals surface area contributed by atoms with E-state index in [4.69, 9.17) is 0 Å². The first-order valence-electron chi connectivity index (χ1n) is 4.40. The van der Waals surface area contributed by atoms with Crippen LogP contribution >= 0.6 is 38.5 Å². The number of hydrogen-bond donors (Lipinski definition) is 1. The number of alkyl halides is 1. The monoisotopic (exact) mass is 351 g/mol. The average Bonchev–Trinajstić information content (AvgIpc) is 2.17. The lowest BCUT2D eigenvalue weighted by atomic mass is 9.99. The van der Waals surface area contributed by atoms with Crippen molar-refractivity contribution in [2.24, 2.45) is 0 Å². The van der Waals surface area contributed by atoms with E-state index in [1.807, 2.05) is 0 Å². The van der Waals surface area contributed by atoms with Crippen molar-refractivity contribution in [3.8, 4) is 0 Å². The predicted molar refractivity (Wildman–Crippen MR) is 68.8 cm³/mol. The molecule has 1 heterocycles. The Morgan fingerprint density at radius 3 is 3.15 bits per heavy atom. The Bertz CT molecular complexity index is 314. The summed E-state index contributed by atoms with van der Waals surface area (Å²) < 4.78 is 2.37. The van der Waals surface area contributed by atoms with Crippen LogP contribution in [-0.4, -0.2) is 10.5 Å². The first-order chi connectivity index (χ1) is 6.29. The standard InChI is InChI=1S/C10H11BrIN/c11-8-2-4-10-7(5-8)1-3-9(6-12)13-10/h2,4-5,9,13H,1,3,6H2. The van der Waals surface area contributed by atoms with Crippen LogP contribution in [0.3, 0.4) is 0 Å². The summed E-state index contributed by atoms with van der Waals surface area (Å²) in [7, 11) is 0. The quantitative estimate of drug-likeness (QED) is 0.602. The summed E-state index contributed by atoms with van der Waals surface area (Å²) in [5.74, 6) is 0. The first-order valence-corrected chi connectivity index (χ1v) is 6.72. The van der Waals surface area contributed by atoms with Gasteiger partial charge < -0.3 is 5.32 Å². The average molecular weight is 352 g/mol. The number of benzene rings is 1. The zero-order valence-electron chi connectivity index (χ0n) is 7.19. The van der Waals surface area contributed by atoms with E-state index in [9.17, 15) is 0 Å². The van der Waals surface area contributed by atoms with E-state index in [1.54, 1.807) is 0 Å². The number of rotatable bonds is 1. The van der Waals surface area contributed by atoms with Crippen LogP contribution in [0.15, 0.2) is 22.7 Å². The number of anilines is 1. The molecular weight excluding hydrogens is 341 g/mol. The number of halogens is 2. The second-order valence-corrected chi connectivity index (χ2v) is 5.13. The van der Waals surface area contributed by atoms with Crippen LogP contribution in [0, 0.1) is 0 Å². The molecule has 13 heavy (non-hydrogen) atoms. The molecule has 1 aliphatic rings. The van der Waals surface area contributed by atoms with Crippen molar-refractivity contribution < 1.29 is 0 Å². The second-order valence-electron chi connectivity index (χ2n) is 3.34. The van der Waals surface area contributed by atoms with Gasteiger partial charge in [-0.3, -0.25) is 0 Å². The molecule has 1 aromatic carbocycles. The minimum Gasteiger partial charge on any atom is -0.381 e. The van der Waals surface area contributed by atoms with E-state index in [0.717, 1.165) is 0 Å². The summed E-state index contributed by atoms with van der Waals surface area (Å²) in [5.41, 5.74) is 2.76. The van der Waals surface area contributed by atoms with Crippen LogP contribution < -0.4 is 5.32 Å². The van der Waals surface area contributed by atoms with Crippen LogP contribution in [0.5, 0.6) is 0 Å². The Morgan fingerprint density at radius 2 is 2.38 bits per heavy atom. The summed E-state index contributed by atoms with van der Waals surface area (Å²) in [4.78, 5) is 0. The number of nitrogens with one attached hydrogen (secondary N) is 1. The van der Waals surface area contributed by atoms with Gasteiger partial charge >= 0.3 is 0 Å². The van der Waals surface area contributed by atoms with Gasteiger partial charge in [-0.1, -0.05) is 38.5 Å². The normalized spacial score (nSPS) is 20.6. The summed E-state index contributed by atoms with van der Waals surface area (Å²) in [6.45, 7) is 0. The lowest BCUT2D eigenvalue weighted by Crippen LogP contribution is -2.26. The van der Waals surface area contributed by atoms with Gasteiger partial charge in [0, 0.05) is 20.6 Å². The molecule has 0 aliphatic carbocycles. The molecule has 3 heteroatoms. The molecule has 70 valence electrons. The van der Waals surface area contributed by atoms with Crippen LogP contribution in [0.4, 0.5) is 5.69 Å². The molecule has 0 amide bonds. The lowest BCUT2D eigenvalue weighted by Gasteiger charge is -2.25. The van der Waals surface area contributed by atoms with Crippen LogP contribution in [-0.2, 0) is 6.42 Å². The summed E-state index contributed by atoms with van der Waals surface area (Å²) in [6.07, 6.45) is 2.46. The van der Waals surface area contributed by atoms with Gasteiger partial charge in [-0.15, -0.1) is 0 Å². The smallest absolute Gasteiger partial charge is 0.0375 e. The van der Waals surface area contributed by atoms with E-state index in [-0.39, 0.29) is 0 Å². The van der Waals surface area contributed by atoms with Crippen LogP contribution in [0.1, 0.15) is 12.0 Å². The third kappa shape index (κ3) is 2.18. The molecule has 0 fully saturated rings. The number of fused-ring (bicyclic) bond motifs is 1. The third-order valence-electron chi connectivity index (χ3n) is 2.38. The molecule has 1 aromatic rings. The van der Waals surface area contributed by atoms with E-state index in [2.05, 4.69) is 62.0 Å². The van der Waals surface area contributed by atoms with Crippen LogP contribution in [0.25, 0.3) is 0 Å². The van der Waals surface area contributed by atoms with Crippen molar-refractivity contribution in [1.29, 1.82) is 0 Å². The molecule has 1 atom stereocenters. The van der Waals surface area contributed by atoms with Gasteiger partial charge in [0.2, 0.25) is 0 Å². The molecule has 2 rings (SSSR count). The van der Waals surface area contributed by atoms with Crippen LogP contribution in [0.2, 0.25) is 0 Å². The lowest BCUT2D eigenvalue weighted by molar-refractivity contribution is 0.695. The molecule has 0 spiro atoms. The number of hydrogen-bond acceptors (Lipinski definition) is 1. The molecule has 0 bridgehead atoms. The molecule has 1 nitrogen and oxygen atoms in total. The highest BCUT2D eigenvalue weighted by atomic mass is 127. The zero-order valence-corrected chi connectivity index (χ0v) is 10.9. The molecular formula is C10H11BrIN. The first kappa shape index (κ1) is 9.77. The third-order valence-corrected chi connectivity index (χ3v) is 3.93. The molecule has 0 radical (unpaired) electrons. The van der Waals surface area contributed by atoms with E-state index in [1.165, 1.54) is 33.0 Å². The van der Waals surface area contributed by atoms with E-state index >= 15 is 0 Å². The van der Waals surface area contributed by atoms with Crippen molar-refractivity contribution in [2.75, 3.05) is 9.74 Å². The maximum absolute atomic E-state index is 3.55. The molecule has 0 saturated heterocycles. The number of aryl methyl sites for hydroxylation is 1. The fraction of sp³-hybridized carbons (Fsp3) is 0.400. The summed E-state index contributed by atoms with van der Waals surface area (Å²) in [6, 6.07) is 7.14. The zero-order chi connectivity index (χ0) is 9.26. The molecule has 1 unspecified atom stereocenters. The van der Waals surface area contributed by atoms with Gasteiger partial charge in [-0.25, -0.2) is 0 Å². The molecule has 0 saturated carbocycles. The Morgan fingerprint density at radius 1 is 1.54 bits per heavy atom. The van der Waals surface area contributed by atoms with Crippen molar-refractivity contribution in [1.82, 2.24) is 0 Å². The maximum Gasteiger partial charge on any atom is 0.0375 e. The highest BCUT2D eigenvalue weighted by Crippen LogP contribution is 2.28. The topological polar surface area (TPSA) is 12.0 Å². The van der Waals surface area contributed by atoms with Gasteiger partial charge in [0.15, 0.2) is 0 Å². The maximum atomic E-state index is 3.55. The SMILES string of the molecule is Brc1ccc2c(c1)CCC(CI)N2. The highest BCUT2D eigenvalue weighted by Gasteiger charge is 2.15. The highest BCUT2D eigenvalue weighted by molar-refractivity contribution is 14.1. The van der Waals surface area contributed by atoms with E-state index in [0.29, 0.717) is 6.04 Å². The fourth-order valence-electron chi connectivity index (χ4n) is 1.65. The largest absolute Gasteiger partial charge is 0.381 e. The fourth-order valence-corrected chi connectivity index (χ4v) is 2.72. The Hall–Kier alpha value is 0.230. The minimum atomic E-state index is 0.661. The summed E-state index contributed by atoms with van der Waals surface area (Å²) >= 11 is 5.93. The molecule has 1 aliphatic heterocycles. The van der Waals surface area contributed by atoms with Crippen molar-refractivity contribution in [3.05, 3.63) is 28.2 Å².